The highest BCUT2D eigenvalue weighted by molar-refractivity contribution is 5.98. The monoisotopic (exact) mass is 471 g/mol. The van der Waals surface area contributed by atoms with Crippen LogP contribution in [0.1, 0.15) is 53.7 Å². The molecule has 0 aliphatic heterocycles. The summed E-state index contributed by atoms with van der Waals surface area (Å²) in [5.74, 6) is -1.72. The van der Waals surface area contributed by atoms with Crippen LogP contribution in [0.15, 0.2) is 72.8 Å². The topological polar surface area (TPSA) is 81.7 Å². The zero-order valence-corrected chi connectivity index (χ0v) is 20.3. The number of methoxy groups -OCH3 is 1. The van der Waals surface area contributed by atoms with Crippen molar-refractivity contribution < 1.29 is 23.9 Å². The van der Waals surface area contributed by atoms with E-state index in [2.05, 4.69) is 5.32 Å². The number of benzene rings is 3. The van der Waals surface area contributed by atoms with Crippen LogP contribution in [-0.2, 0) is 25.5 Å². The number of hydrogen-bond donors (Lipinski definition) is 1. The maximum Gasteiger partial charge on any atom is 0.338 e. The summed E-state index contributed by atoms with van der Waals surface area (Å²) < 4.78 is 10.4. The van der Waals surface area contributed by atoms with Crippen LogP contribution in [0, 0.1) is 0 Å². The second-order valence-corrected chi connectivity index (χ2v) is 9.59. The van der Waals surface area contributed by atoms with E-state index in [0.29, 0.717) is 5.56 Å². The molecule has 0 fully saturated rings. The second-order valence-electron chi connectivity index (χ2n) is 9.59. The van der Waals surface area contributed by atoms with Crippen molar-refractivity contribution in [2.75, 3.05) is 7.11 Å². The third-order valence-electron chi connectivity index (χ3n) is 5.93. The molecule has 1 atom stereocenters. The van der Waals surface area contributed by atoms with E-state index < -0.39 is 29.5 Å². The summed E-state index contributed by atoms with van der Waals surface area (Å²) in [5.41, 5.74) is 4.48. The normalized spacial score (nSPS) is 13.4. The van der Waals surface area contributed by atoms with E-state index in [-0.39, 0.29) is 12.3 Å². The highest BCUT2D eigenvalue weighted by Gasteiger charge is 2.35. The van der Waals surface area contributed by atoms with Gasteiger partial charge in [0.25, 0.3) is 0 Å². The van der Waals surface area contributed by atoms with E-state index in [1.165, 1.54) is 7.11 Å². The molecule has 180 valence electrons. The molecule has 1 amide bonds. The molecule has 6 nitrogen and oxygen atoms in total. The minimum atomic E-state index is -0.875. The van der Waals surface area contributed by atoms with E-state index in [0.717, 1.165) is 27.8 Å². The number of rotatable bonds is 6. The highest BCUT2D eigenvalue weighted by Crippen LogP contribution is 2.44. The number of ether oxygens (including phenoxy) is 2. The Morgan fingerprint density at radius 3 is 1.91 bits per heavy atom. The van der Waals surface area contributed by atoms with E-state index in [9.17, 15) is 14.4 Å². The van der Waals surface area contributed by atoms with Crippen LogP contribution < -0.4 is 5.32 Å². The molecule has 35 heavy (non-hydrogen) atoms. The Balaban J connectivity index is 1.53. The van der Waals surface area contributed by atoms with Crippen molar-refractivity contribution in [3.63, 3.8) is 0 Å². The zero-order chi connectivity index (χ0) is 25.2. The van der Waals surface area contributed by atoms with Gasteiger partial charge in [-0.05, 0) is 60.7 Å². The lowest BCUT2D eigenvalue weighted by molar-refractivity contribution is -0.145. The number of nitrogens with one attached hydrogen (secondary N) is 1. The number of carbonyl (C=O) groups excluding carboxylic acids is 3. The Kier molecular flexibility index (Phi) is 6.74. The van der Waals surface area contributed by atoms with Gasteiger partial charge in [-0.15, -0.1) is 0 Å². The quantitative estimate of drug-likeness (QED) is 0.529. The number of amides is 1. The van der Waals surface area contributed by atoms with Crippen LogP contribution in [-0.4, -0.2) is 36.6 Å². The second kappa shape index (κ2) is 9.74. The molecule has 3 aromatic carbocycles. The molecule has 1 aliphatic rings. The average molecular weight is 472 g/mol. The van der Waals surface area contributed by atoms with Crippen LogP contribution in [0.3, 0.4) is 0 Å². The first-order valence-electron chi connectivity index (χ1n) is 11.6. The van der Waals surface area contributed by atoms with Gasteiger partial charge in [-0.1, -0.05) is 60.7 Å². The van der Waals surface area contributed by atoms with Gasteiger partial charge in [-0.25, -0.2) is 9.59 Å². The van der Waals surface area contributed by atoms with Crippen LogP contribution >= 0.6 is 0 Å². The molecule has 1 N–H and O–H groups in total. The number of hydrogen-bond acceptors (Lipinski definition) is 5. The largest absolute Gasteiger partial charge is 0.467 e. The first kappa shape index (κ1) is 24.2. The summed E-state index contributed by atoms with van der Waals surface area (Å²) in [6.45, 7) is 5.43. The molecule has 1 aliphatic carbocycles. The van der Waals surface area contributed by atoms with E-state index >= 15 is 0 Å². The maximum absolute atomic E-state index is 13.5. The standard InChI is InChI=1S/C29H29NO5/c1-29(2,3)35-27(32)19-15-13-18(14-16-19)17-24(28(33)34-4)30-26(31)25-22-11-7-5-9-20(22)21-10-6-8-12-23(21)25/h5-16,24-25H,17H2,1-4H3,(H,30,31)/t24-/m1/s1. The molecule has 0 aromatic heterocycles. The van der Waals surface area contributed by atoms with E-state index in [1.807, 2.05) is 69.3 Å². The molecule has 0 radical (unpaired) electrons. The zero-order valence-electron chi connectivity index (χ0n) is 20.3. The SMILES string of the molecule is COC(=O)[C@@H](Cc1ccc(C(=O)OC(C)(C)C)cc1)NC(=O)C1c2ccccc2-c2ccccc21. The number of esters is 2. The van der Waals surface area contributed by atoms with E-state index in [4.69, 9.17) is 9.47 Å². The molecule has 4 rings (SSSR count). The average Bonchev–Trinajstić information content (AvgIpc) is 3.17. The Morgan fingerprint density at radius 2 is 1.40 bits per heavy atom. The van der Waals surface area contributed by atoms with Crippen molar-refractivity contribution in [2.24, 2.45) is 0 Å². The third kappa shape index (κ3) is 5.27. The van der Waals surface area contributed by atoms with Crippen LogP contribution in [0.4, 0.5) is 0 Å². The Labute approximate surface area is 205 Å². The summed E-state index contributed by atoms with van der Waals surface area (Å²) in [6.07, 6.45) is 0.225. The van der Waals surface area contributed by atoms with Gasteiger partial charge in [-0.2, -0.15) is 0 Å². The summed E-state index contributed by atoms with van der Waals surface area (Å²) in [7, 11) is 1.30. The van der Waals surface area contributed by atoms with Gasteiger partial charge in [0.15, 0.2) is 0 Å². The van der Waals surface area contributed by atoms with Crippen molar-refractivity contribution in [3.05, 3.63) is 95.1 Å². The van der Waals surface area contributed by atoms with Crippen LogP contribution in [0.5, 0.6) is 0 Å². The molecular formula is C29H29NO5. The van der Waals surface area contributed by atoms with Crippen molar-refractivity contribution >= 4 is 17.8 Å². The lowest BCUT2D eigenvalue weighted by Crippen LogP contribution is -2.45. The molecule has 0 saturated carbocycles. The molecule has 0 unspecified atom stereocenters. The van der Waals surface area contributed by atoms with Crippen LogP contribution in [0.2, 0.25) is 0 Å². The fourth-order valence-electron chi connectivity index (χ4n) is 4.38. The Hall–Kier alpha value is -3.93. The number of carbonyl (C=O) groups is 3. The summed E-state index contributed by atoms with van der Waals surface area (Å²) >= 11 is 0. The van der Waals surface area contributed by atoms with Gasteiger partial charge in [0.2, 0.25) is 5.91 Å². The van der Waals surface area contributed by atoms with Gasteiger partial charge in [0, 0.05) is 6.42 Å². The van der Waals surface area contributed by atoms with Gasteiger partial charge < -0.3 is 14.8 Å². The van der Waals surface area contributed by atoms with Crippen molar-refractivity contribution in [1.82, 2.24) is 5.32 Å². The molecule has 0 spiro atoms. The first-order chi connectivity index (χ1) is 16.7. The van der Waals surface area contributed by atoms with Gasteiger partial charge in [0.1, 0.15) is 11.6 Å². The lowest BCUT2D eigenvalue weighted by Gasteiger charge is -2.21. The van der Waals surface area contributed by atoms with Crippen molar-refractivity contribution in [1.29, 1.82) is 0 Å². The van der Waals surface area contributed by atoms with Gasteiger partial charge >= 0.3 is 11.9 Å². The number of fused-ring (bicyclic) bond motifs is 3. The Bertz CT molecular complexity index is 1210. The fraction of sp³-hybridized carbons (Fsp3) is 0.276. The molecular weight excluding hydrogens is 442 g/mol. The smallest absolute Gasteiger partial charge is 0.338 e. The molecule has 6 heteroatoms. The van der Waals surface area contributed by atoms with Crippen molar-refractivity contribution in [2.45, 2.75) is 44.8 Å². The maximum atomic E-state index is 13.5. The molecule has 3 aromatic rings. The summed E-state index contributed by atoms with van der Waals surface area (Å²) in [6, 6.07) is 21.6. The van der Waals surface area contributed by atoms with Gasteiger partial charge in [0.05, 0.1) is 18.6 Å². The summed E-state index contributed by atoms with van der Waals surface area (Å²) in [5, 5.41) is 2.90. The minimum Gasteiger partial charge on any atom is -0.467 e. The van der Waals surface area contributed by atoms with Crippen LogP contribution in [0.25, 0.3) is 11.1 Å². The van der Waals surface area contributed by atoms with Crippen molar-refractivity contribution in [3.8, 4) is 11.1 Å². The molecule has 0 heterocycles. The predicted octanol–water partition coefficient (Wildman–Crippen LogP) is 4.65. The minimum absolute atomic E-state index is 0.225. The lowest BCUT2D eigenvalue weighted by atomic mass is 9.95. The molecule has 0 bridgehead atoms. The first-order valence-corrected chi connectivity index (χ1v) is 11.6. The Morgan fingerprint density at radius 1 is 0.857 bits per heavy atom. The predicted molar refractivity (Wildman–Crippen MR) is 133 cm³/mol. The molecule has 0 saturated heterocycles. The fourth-order valence-corrected chi connectivity index (χ4v) is 4.38. The third-order valence-corrected chi connectivity index (χ3v) is 5.93. The van der Waals surface area contributed by atoms with Gasteiger partial charge in [-0.3, -0.25) is 4.79 Å². The van der Waals surface area contributed by atoms with E-state index in [1.54, 1.807) is 24.3 Å². The summed E-state index contributed by atoms with van der Waals surface area (Å²) in [4.78, 5) is 38.4. The highest BCUT2D eigenvalue weighted by atomic mass is 16.6.